The monoisotopic (exact) mass is 292 g/mol. The molecule has 0 amide bonds. The molecular weight excluding hydrogens is 272 g/mol. The Hall–Kier alpha value is -1.13. The van der Waals surface area contributed by atoms with Crippen LogP contribution in [-0.2, 0) is 12.4 Å². The van der Waals surface area contributed by atoms with Crippen molar-refractivity contribution in [1.82, 2.24) is 19.4 Å². The number of halogens is 1. The topological polar surface area (TPSA) is 34.0 Å². The number of hydrogen-bond acceptors (Lipinski definition) is 3. The van der Waals surface area contributed by atoms with Crippen molar-refractivity contribution in [3.63, 3.8) is 0 Å². The predicted molar refractivity (Wildman–Crippen MR) is 82.1 cm³/mol. The zero-order chi connectivity index (χ0) is 14.3. The maximum Gasteiger partial charge on any atom is 0.160 e. The van der Waals surface area contributed by atoms with Gasteiger partial charge in [0, 0.05) is 18.3 Å². The van der Waals surface area contributed by atoms with Gasteiger partial charge in [-0.25, -0.2) is 9.97 Å². The number of pyridine rings is 1. The summed E-state index contributed by atoms with van der Waals surface area (Å²) in [5.74, 6) is 1.36. The van der Waals surface area contributed by atoms with Crippen molar-refractivity contribution in [2.75, 3.05) is 14.1 Å². The largest absolute Gasteiger partial charge is 0.310 e. The van der Waals surface area contributed by atoms with E-state index in [4.69, 9.17) is 11.6 Å². The van der Waals surface area contributed by atoms with Crippen LogP contribution in [0.15, 0.2) is 12.3 Å². The molecule has 108 valence electrons. The molecule has 0 aliphatic heterocycles. The van der Waals surface area contributed by atoms with E-state index < -0.39 is 0 Å². The smallest absolute Gasteiger partial charge is 0.160 e. The Bertz CT molecular complexity index is 628. The third-order valence-electron chi connectivity index (χ3n) is 4.72. The molecule has 1 saturated carbocycles. The van der Waals surface area contributed by atoms with E-state index in [1.807, 2.05) is 12.3 Å². The fourth-order valence-electron chi connectivity index (χ4n) is 3.08. The van der Waals surface area contributed by atoms with Gasteiger partial charge in [-0.15, -0.1) is 11.6 Å². The Balaban J connectivity index is 2.08. The highest BCUT2D eigenvalue weighted by Crippen LogP contribution is 2.38. The number of aromatic nitrogens is 3. The zero-order valence-corrected chi connectivity index (χ0v) is 13.1. The normalized spacial score (nSPS) is 17.6. The van der Waals surface area contributed by atoms with E-state index in [1.165, 1.54) is 19.3 Å². The molecule has 0 aromatic carbocycles. The lowest BCUT2D eigenvalue weighted by Crippen LogP contribution is -2.53. The van der Waals surface area contributed by atoms with Gasteiger partial charge in [0.2, 0.25) is 0 Å². The van der Waals surface area contributed by atoms with Crippen LogP contribution in [0.1, 0.15) is 30.7 Å². The van der Waals surface area contributed by atoms with Crippen molar-refractivity contribution in [2.45, 2.75) is 44.1 Å². The van der Waals surface area contributed by atoms with Crippen LogP contribution in [0.5, 0.6) is 0 Å². The summed E-state index contributed by atoms with van der Waals surface area (Å²) in [7, 11) is 4.33. The van der Waals surface area contributed by atoms with Gasteiger partial charge in [0.15, 0.2) is 5.65 Å². The summed E-state index contributed by atoms with van der Waals surface area (Å²) < 4.78 is 2.22. The van der Waals surface area contributed by atoms with E-state index in [0.717, 1.165) is 29.1 Å². The second-order valence-corrected chi connectivity index (χ2v) is 6.29. The van der Waals surface area contributed by atoms with E-state index in [0.29, 0.717) is 5.88 Å². The van der Waals surface area contributed by atoms with Gasteiger partial charge in [0.05, 0.1) is 5.88 Å². The third kappa shape index (κ3) is 2.02. The molecule has 3 rings (SSSR count). The number of alkyl halides is 1. The Morgan fingerprint density at radius 1 is 1.40 bits per heavy atom. The van der Waals surface area contributed by atoms with Gasteiger partial charge in [0.25, 0.3) is 0 Å². The average Bonchev–Trinajstić information content (AvgIpc) is 2.72. The highest BCUT2D eigenvalue weighted by atomic mass is 35.5. The van der Waals surface area contributed by atoms with Crippen LogP contribution < -0.4 is 0 Å². The second-order valence-electron chi connectivity index (χ2n) is 6.02. The minimum absolute atomic E-state index is 0.236. The second kappa shape index (κ2) is 5.01. The molecule has 1 aliphatic rings. The molecule has 20 heavy (non-hydrogen) atoms. The maximum atomic E-state index is 6.10. The summed E-state index contributed by atoms with van der Waals surface area (Å²) in [4.78, 5) is 11.6. The first-order valence-corrected chi connectivity index (χ1v) is 7.65. The molecule has 0 spiro atoms. The highest BCUT2D eigenvalue weighted by molar-refractivity contribution is 6.16. The van der Waals surface area contributed by atoms with Crippen LogP contribution in [0, 0.1) is 6.92 Å². The lowest BCUT2D eigenvalue weighted by molar-refractivity contribution is 0.0427. The van der Waals surface area contributed by atoms with Gasteiger partial charge in [-0.3, -0.25) is 0 Å². The van der Waals surface area contributed by atoms with Gasteiger partial charge < -0.3 is 9.47 Å². The standard InChI is InChI=1S/C15H21ClN4/c1-11-5-8-17-14-13(11)18-12(9-16)20(14)10-15(19(2)3)6-4-7-15/h5,8H,4,6-7,9-10H2,1-3H3. The van der Waals surface area contributed by atoms with E-state index in [2.05, 4.69) is 40.5 Å². The number of hydrogen-bond donors (Lipinski definition) is 0. The molecule has 0 bridgehead atoms. The molecule has 4 nitrogen and oxygen atoms in total. The average molecular weight is 293 g/mol. The molecule has 0 radical (unpaired) electrons. The third-order valence-corrected chi connectivity index (χ3v) is 4.96. The molecule has 0 N–H and O–H groups in total. The van der Waals surface area contributed by atoms with E-state index >= 15 is 0 Å². The lowest BCUT2D eigenvalue weighted by Gasteiger charge is -2.47. The number of rotatable bonds is 4. The maximum absolute atomic E-state index is 6.10. The summed E-state index contributed by atoms with van der Waals surface area (Å²) in [6.45, 7) is 3.00. The summed E-state index contributed by atoms with van der Waals surface area (Å²) in [6, 6.07) is 2.00. The number of fused-ring (bicyclic) bond motifs is 1. The molecule has 1 aliphatic carbocycles. The number of nitrogens with zero attached hydrogens (tertiary/aromatic N) is 4. The van der Waals surface area contributed by atoms with Gasteiger partial charge in [-0.1, -0.05) is 0 Å². The minimum Gasteiger partial charge on any atom is -0.310 e. The quantitative estimate of drug-likeness (QED) is 0.813. The van der Waals surface area contributed by atoms with Crippen molar-refractivity contribution < 1.29 is 0 Å². The molecule has 5 heteroatoms. The van der Waals surface area contributed by atoms with Crippen molar-refractivity contribution in [3.05, 3.63) is 23.7 Å². The molecule has 0 saturated heterocycles. The van der Waals surface area contributed by atoms with Gasteiger partial charge >= 0.3 is 0 Å². The summed E-state index contributed by atoms with van der Waals surface area (Å²) in [5.41, 5.74) is 3.35. The van der Waals surface area contributed by atoms with Gasteiger partial charge in [0.1, 0.15) is 11.3 Å². The molecule has 0 unspecified atom stereocenters. The fourth-order valence-corrected chi connectivity index (χ4v) is 3.28. The molecule has 2 aromatic rings. The molecular formula is C15H21ClN4. The number of aryl methyl sites for hydroxylation is 1. The zero-order valence-electron chi connectivity index (χ0n) is 12.4. The van der Waals surface area contributed by atoms with E-state index in [-0.39, 0.29) is 5.54 Å². The fraction of sp³-hybridized carbons (Fsp3) is 0.600. The first-order valence-electron chi connectivity index (χ1n) is 7.11. The van der Waals surface area contributed by atoms with Crippen LogP contribution >= 0.6 is 11.6 Å². The Labute approximate surface area is 124 Å². The Kier molecular flexibility index (Phi) is 3.46. The van der Waals surface area contributed by atoms with Crippen molar-refractivity contribution in [2.24, 2.45) is 0 Å². The molecule has 0 atom stereocenters. The summed E-state index contributed by atoms with van der Waals surface area (Å²) in [5, 5.41) is 0. The Morgan fingerprint density at radius 2 is 2.15 bits per heavy atom. The molecule has 2 heterocycles. The predicted octanol–water partition coefficient (Wildman–Crippen LogP) is 2.96. The lowest BCUT2D eigenvalue weighted by atomic mass is 9.75. The summed E-state index contributed by atoms with van der Waals surface area (Å²) >= 11 is 6.10. The van der Waals surface area contributed by atoms with E-state index in [9.17, 15) is 0 Å². The molecule has 2 aromatic heterocycles. The van der Waals surface area contributed by atoms with Gasteiger partial charge in [-0.05, 0) is 51.9 Å². The van der Waals surface area contributed by atoms with Gasteiger partial charge in [-0.2, -0.15) is 0 Å². The van der Waals surface area contributed by atoms with Crippen LogP contribution in [0.3, 0.4) is 0 Å². The first-order chi connectivity index (χ1) is 9.57. The number of likely N-dealkylation sites (N-methyl/N-ethyl adjacent to an activating group) is 1. The first kappa shape index (κ1) is 13.8. The van der Waals surface area contributed by atoms with Crippen LogP contribution in [0.2, 0.25) is 0 Å². The van der Waals surface area contributed by atoms with Crippen LogP contribution in [0.4, 0.5) is 0 Å². The minimum atomic E-state index is 0.236. The van der Waals surface area contributed by atoms with E-state index in [1.54, 1.807) is 0 Å². The highest BCUT2D eigenvalue weighted by Gasteiger charge is 2.40. The Morgan fingerprint density at radius 3 is 2.70 bits per heavy atom. The van der Waals surface area contributed by atoms with Crippen LogP contribution in [0.25, 0.3) is 11.2 Å². The molecule has 1 fully saturated rings. The number of imidazole rings is 1. The van der Waals surface area contributed by atoms with Crippen LogP contribution in [-0.4, -0.2) is 39.1 Å². The van der Waals surface area contributed by atoms with Crippen molar-refractivity contribution in [3.8, 4) is 0 Å². The summed E-state index contributed by atoms with van der Waals surface area (Å²) in [6.07, 6.45) is 5.62. The van der Waals surface area contributed by atoms with Crippen molar-refractivity contribution in [1.29, 1.82) is 0 Å². The SMILES string of the molecule is Cc1ccnc2c1nc(CCl)n2CC1(N(C)C)CCC1. The van der Waals surface area contributed by atoms with Crippen molar-refractivity contribution >= 4 is 22.8 Å².